The van der Waals surface area contributed by atoms with Crippen LogP contribution in [0.3, 0.4) is 0 Å². The van der Waals surface area contributed by atoms with Gasteiger partial charge < -0.3 is 14.5 Å². The Kier molecular flexibility index (Phi) is 10.2. The molecule has 2 atom stereocenters. The molecular weight excluding hydrogens is 625 g/mol. The van der Waals surface area contributed by atoms with Crippen molar-refractivity contribution in [2.24, 2.45) is 4.99 Å². The van der Waals surface area contributed by atoms with Crippen LogP contribution in [0.5, 0.6) is 5.88 Å². The summed E-state index contributed by atoms with van der Waals surface area (Å²) in [5.74, 6) is 1.46. The topological polar surface area (TPSA) is 94.5 Å². The van der Waals surface area contributed by atoms with Gasteiger partial charge in [0, 0.05) is 61.9 Å². The Morgan fingerprint density at radius 3 is 2.07 bits per heavy atom. The molecule has 0 N–H and O–H groups in total. The molecule has 2 aliphatic rings. The summed E-state index contributed by atoms with van der Waals surface area (Å²) in [6.45, 7) is 10.8. The third kappa shape index (κ3) is 7.29. The quantitative estimate of drug-likeness (QED) is 0.314. The Labute approximate surface area is 281 Å². The van der Waals surface area contributed by atoms with Gasteiger partial charge in [-0.3, -0.25) is 19.6 Å². The van der Waals surface area contributed by atoms with Crippen LogP contribution in [0.4, 0.5) is 4.79 Å². The van der Waals surface area contributed by atoms with Crippen molar-refractivity contribution < 1.29 is 14.3 Å². The highest BCUT2D eigenvalue weighted by molar-refractivity contribution is 6.30. The Bertz CT molecular complexity index is 1580. The zero-order chi connectivity index (χ0) is 33.2. The summed E-state index contributed by atoms with van der Waals surface area (Å²) in [7, 11) is 3.50. The van der Waals surface area contributed by atoms with Crippen LogP contribution in [0.15, 0.2) is 59.7 Å². The highest BCUT2D eigenvalue weighted by Gasteiger charge is 2.45. The number of hydrogen-bond donors (Lipinski definition) is 0. The number of carbonyl (C=O) groups is 2. The predicted molar refractivity (Wildman–Crippen MR) is 181 cm³/mol. The number of rotatable bonds is 7. The predicted octanol–water partition coefficient (Wildman–Crippen LogP) is 5.85. The van der Waals surface area contributed by atoms with Gasteiger partial charge in [0.15, 0.2) is 0 Å². The second-order valence-electron chi connectivity index (χ2n) is 12.7. The first-order chi connectivity index (χ1) is 21.9. The number of piperazine rings is 1. The molecule has 3 aromatic rings. The van der Waals surface area contributed by atoms with Crippen molar-refractivity contribution in [2.45, 2.75) is 45.2 Å². The van der Waals surface area contributed by atoms with Crippen LogP contribution >= 0.6 is 23.2 Å². The molecule has 0 spiro atoms. The molecular formula is C34H41Cl2N7O3. The van der Waals surface area contributed by atoms with Crippen LogP contribution in [0, 0.1) is 0 Å². The van der Waals surface area contributed by atoms with Crippen LogP contribution in [-0.2, 0) is 10.2 Å². The molecule has 3 amide bonds. The standard InChI is InChI=1S/C34H41Cl2N7O3/c1-7-46-31-26(20-37-32(39-31)34(2,3)4)30-38-28(22-8-12-24(35)13-9-22)29(23-10-14-25(36)15-11-23)43(30)33(45)42-18-16-41(17-19-42)21-27(44)40(5)6/h8-15,20,28-29H,7,16-19,21H2,1-6H3. The summed E-state index contributed by atoms with van der Waals surface area (Å²) in [5.41, 5.74) is 1.99. The smallest absolute Gasteiger partial charge is 0.326 e. The molecule has 0 aliphatic carbocycles. The molecule has 2 unspecified atom stereocenters. The molecule has 1 saturated heterocycles. The van der Waals surface area contributed by atoms with E-state index >= 15 is 0 Å². The van der Waals surface area contributed by atoms with Crippen LogP contribution in [0.1, 0.15) is 62.3 Å². The number of benzene rings is 2. The third-order valence-electron chi connectivity index (χ3n) is 8.14. The zero-order valence-electron chi connectivity index (χ0n) is 27.2. The van der Waals surface area contributed by atoms with Crippen LogP contribution in [0.2, 0.25) is 10.0 Å². The number of carbonyl (C=O) groups excluding carboxylic acids is 2. The number of nitrogens with zero attached hydrogens (tertiary/aromatic N) is 7. The van der Waals surface area contributed by atoms with Crippen molar-refractivity contribution in [1.82, 2.24) is 29.6 Å². The summed E-state index contributed by atoms with van der Waals surface area (Å²) in [6, 6.07) is 13.9. The van der Waals surface area contributed by atoms with E-state index in [0.717, 1.165) is 11.1 Å². The maximum atomic E-state index is 14.7. The Morgan fingerprint density at radius 2 is 1.52 bits per heavy atom. The summed E-state index contributed by atoms with van der Waals surface area (Å²) in [5, 5.41) is 1.20. The molecule has 46 heavy (non-hydrogen) atoms. The lowest BCUT2D eigenvalue weighted by molar-refractivity contribution is -0.130. The third-order valence-corrected chi connectivity index (χ3v) is 8.65. The number of aromatic nitrogens is 2. The lowest BCUT2D eigenvalue weighted by Gasteiger charge is -2.39. The summed E-state index contributed by atoms with van der Waals surface area (Å²) in [4.78, 5) is 49.1. The largest absolute Gasteiger partial charge is 0.477 e. The van der Waals surface area contributed by atoms with Gasteiger partial charge in [0.2, 0.25) is 11.8 Å². The lowest BCUT2D eigenvalue weighted by Crippen LogP contribution is -2.55. The van der Waals surface area contributed by atoms with Crippen molar-refractivity contribution in [3.63, 3.8) is 0 Å². The minimum atomic E-state index is -0.508. The number of hydrogen-bond acceptors (Lipinski definition) is 7. The molecule has 12 heteroatoms. The first kappa shape index (κ1) is 33.6. The first-order valence-corrected chi connectivity index (χ1v) is 16.2. The fourth-order valence-electron chi connectivity index (χ4n) is 5.56. The highest BCUT2D eigenvalue weighted by Crippen LogP contribution is 2.45. The van der Waals surface area contributed by atoms with Crippen molar-refractivity contribution in [3.05, 3.63) is 87.3 Å². The van der Waals surface area contributed by atoms with Gasteiger partial charge >= 0.3 is 6.03 Å². The van der Waals surface area contributed by atoms with Crippen LogP contribution in [-0.4, -0.2) is 101 Å². The zero-order valence-corrected chi connectivity index (χ0v) is 28.7. The number of ether oxygens (including phenoxy) is 1. The monoisotopic (exact) mass is 665 g/mol. The van der Waals surface area contributed by atoms with Crippen molar-refractivity contribution in [3.8, 4) is 5.88 Å². The number of amidine groups is 1. The van der Waals surface area contributed by atoms with E-state index in [1.165, 1.54) is 0 Å². The molecule has 1 fully saturated rings. The van der Waals surface area contributed by atoms with Gasteiger partial charge in [0.05, 0.1) is 24.8 Å². The van der Waals surface area contributed by atoms with Gasteiger partial charge in [-0.15, -0.1) is 0 Å². The summed E-state index contributed by atoms with van der Waals surface area (Å²) >= 11 is 12.6. The average Bonchev–Trinajstić information content (AvgIpc) is 3.41. The second-order valence-corrected chi connectivity index (χ2v) is 13.6. The first-order valence-electron chi connectivity index (χ1n) is 15.5. The Morgan fingerprint density at radius 1 is 0.935 bits per heavy atom. The molecule has 244 valence electrons. The fraction of sp³-hybridized carbons (Fsp3) is 0.441. The van der Waals surface area contributed by atoms with E-state index in [1.807, 2.05) is 81.1 Å². The normalized spacial score (nSPS) is 18.8. The van der Waals surface area contributed by atoms with Crippen molar-refractivity contribution in [2.75, 3.05) is 53.4 Å². The summed E-state index contributed by atoms with van der Waals surface area (Å²) < 4.78 is 6.08. The van der Waals surface area contributed by atoms with E-state index in [1.54, 1.807) is 30.1 Å². The minimum absolute atomic E-state index is 0.0319. The summed E-state index contributed by atoms with van der Waals surface area (Å²) in [6.07, 6.45) is 1.71. The molecule has 3 heterocycles. The molecule has 5 rings (SSSR count). The number of likely N-dealkylation sites (N-methyl/N-ethyl adjacent to an activating group) is 1. The van der Waals surface area contributed by atoms with Crippen molar-refractivity contribution in [1.29, 1.82) is 0 Å². The van der Waals surface area contributed by atoms with E-state index in [2.05, 4.69) is 4.90 Å². The van der Waals surface area contributed by atoms with E-state index in [9.17, 15) is 9.59 Å². The molecule has 0 radical (unpaired) electrons. The van der Waals surface area contributed by atoms with E-state index in [4.69, 9.17) is 42.9 Å². The minimum Gasteiger partial charge on any atom is -0.477 e. The molecule has 2 aliphatic heterocycles. The van der Waals surface area contributed by atoms with Crippen LogP contribution < -0.4 is 4.74 Å². The molecule has 0 bridgehead atoms. The number of aliphatic imine (C=N–C) groups is 1. The van der Waals surface area contributed by atoms with Gasteiger partial charge in [-0.2, -0.15) is 4.98 Å². The molecule has 0 saturated carbocycles. The van der Waals surface area contributed by atoms with Gasteiger partial charge in [-0.25, -0.2) is 9.78 Å². The molecule has 2 aromatic carbocycles. The van der Waals surface area contributed by atoms with Crippen molar-refractivity contribution >= 4 is 41.0 Å². The average molecular weight is 667 g/mol. The Hall–Kier alpha value is -3.73. The maximum Gasteiger partial charge on any atom is 0.326 e. The van der Waals surface area contributed by atoms with Gasteiger partial charge in [-0.05, 0) is 42.3 Å². The fourth-order valence-corrected chi connectivity index (χ4v) is 5.82. The second kappa shape index (κ2) is 13.9. The highest BCUT2D eigenvalue weighted by atomic mass is 35.5. The maximum absolute atomic E-state index is 14.7. The molecule has 1 aromatic heterocycles. The number of urea groups is 1. The van der Waals surface area contributed by atoms with Gasteiger partial charge in [0.25, 0.3) is 0 Å². The van der Waals surface area contributed by atoms with Gasteiger partial charge in [-0.1, -0.05) is 68.2 Å². The lowest BCUT2D eigenvalue weighted by atomic mass is 9.93. The van der Waals surface area contributed by atoms with E-state index in [-0.39, 0.29) is 17.4 Å². The molecule has 10 nitrogen and oxygen atoms in total. The number of amides is 3. The van der Waals surface area contributed by atoms with Crippen LogP contribution in [0.25, 0.3) is 0 Å². The number of halogens is 2. The van der Waals surface area contributed by atoms with Gasteiger partial charge in [0.1, 0.15) is 17.7 Å². The van der Waals surface area contributed by atoms with E-state index < -0.39 is 12.1 Å². The Balaban J connectivity index is 1.60. The SMILES string of the molecule is CCOc1nc(C(C)(C)C)ncc1C1=NC(c2ccc(Cl)cc2)C(c2ccc(Cl)cc2)N1C(=O)N1CCN(CC(=O)N(C)C)CC1. The van der Waals surface area contributed by atoms with E-state index in [0.29, 0.717) is 72.5 Å².